The zero-order valence-corrected chi connectivity index (χ0v) is 16.9. The number of hydrogen-bond acceptors (Lipinski definition) is 9. The average Bonchev–Trinajstić information content (AvgIpc) is 3.32. The maximum atomic E-state index is 12.7. The molecule has 0 atom stereocenters. The van der Waals surface area contributed by atoms with E-state index in [9.17, 15) is 29.3 Å². The van der Waals surface area contributed by atoms with Crippen LogP contribution in [-0.4, -0.2) is 40.4 Å². The standard InChI is InChI=1S/C21H14N4O8/c1-11-7-17(23-33-11)24-19(27)15-6-5-12(8-16(15)20(24)28)21(29)32-10-18(26)22-13-3-2-4-14(9-13)25(30)31/h2-9H,10H2,1H3,(H,22,26). The summed E-state index contributed by atoms with van der Waals surface area (Å²) in [4.78, 5) is 60.7. The molecule has 33 heavy (non-hydrogen) atoms. The van der Waals surface area contributed by atoms with Crippen LogP contribution in [0.15, 0.2) is 53.1 Å². The van der Waals surface area contributed by atoms with E-state index in [0.717, 1.165) is 11.0 Å². The Hall–Kier alpha value is -4.87. The lowest BCUT2D eigenvalue weighted by Gasteiger charge is -2.08. The molecule has 2 aromatic carbocycles. The van der Waals surface area contributed by atoms with E-state index < -0.39 is 35.2 Å². The summed E-state index contributed by atoms with van der Waals surface area (Å²) in [5.74, 6) is -2.47. The lowest BCUT2D eigenvalue weighted by molar-refractivity contribution is -0.384. The van der Waals surface area contributed by atoms with Crippen LogP contribution in [0.2, 0.25) is 0 Å². The third kappa shape index (κ3) is 4.17. The van der Waals surface area contributed by atoms with E-state index in [1.54, 1.807) is 6.92 Å². The molecule has 12 heteroatoms. The van der Waals surface area contributed by atoms with E-state index in [1.165, 1.54) is 42.5 Å². The van der Waals surface area contributed by atoms with Gasteiger partial charge in [0.05, 0.1) is 21.6 Å². The summed E-state index contributed by atoms with van der Waals surface area (Å²) in [7, 11) is 0. The van der Waals surface area contributed by atoms with Crippen LogP contribution < -0.4 is 10.2 Å². The van der Waals surface area contributed by atoms with E-state index >= 15 is 0 Å². The summed E-state index contributed by atoms with van der Waals surface area (Å²) in [5, 5.41) is 16.9. The number of aryl methyl sites for hydroxylation is 1. The van der Waals surface area contributed by atoms with Crippen molar-refractivity contribution in [2.75, 3.05) is 16.8 Å². The molecule has 0 saturated carbocycles. The molecule has 166 valence electrons. The molecular weight excluding hydrogens is 436 g/mol. The van der Waals surface area contributed by atoms with Gasteiger partial charge in [0.1, 0.15) is 5.76 Å². The molecular formula is C21H14N4O8. The van der Waals surface area contributed by atoms with Crippen molar-refractivity contribution in [3.63, 3.8) is 0 Å². The maximum absolute atomic E-state index is 12.7. The molecule has 0 fully saturated rings. The smallest absolute Gasteiger partial charge is 0.338 e. The Morgan fingerprint density at radius 1 is 1.12 bits per heavy atom. The van der Waals surface area contributed by atoms with Crippen molar-refractivity contribution >= 4 is 40.9 Å². The minimum atomic E-state index is -0.900. The minimum Gasteiger partial charge on any atom is -0.452 e. The number of nitro groups is 1. The van der Waals surface area contributed by atoms with E-state index in [0.29, 0.717) is 5.76 Å². The number of fused-ring (bicyclic) bond motifs is 1. The molecule has 1 aromatic heterocycles. The van der Waals surface area contributed by atoms with Gasteiger partial charge >= 0.3 is 5.97 Å². The fraction of sp³-hybridized carbons (Fsp3) is 0.0952. The van der Waals surface area contributed by atoms with Crippen LogP contribution in [-0.2, 0) is 9.53 Å². The molecule has 1 aliphatic heterocycles. The SMILES string of the molecule is Cc1cc(N2C(=O)c3ccc(C(=O)OCC(=O)Nc4cccc([N+](=O)[O-])c4)cc3C2=O)no1. The molecule has 0 saturated heterocycles. The van der Waals surface area contributed by atoms with Crippen molar-refractivity contribution in [1.82, 2.24) is 5.16 Å². The minimum absolute atomic E-state index is 0.0175. The van der Waals surface area contributed by atoms with Crippen LogP contribution in [0.3, 0.4) is 0 Å². The number of ether oxygens (including phenoxy) is 1. The number of imide groups is 1. The van der Waals surface area contributed by atoms with Gasteiger partial charge < -0.3 is 14.6 Å². The number of nitrogens with zero attached hydrogens (tertiary/aromatic N) is 3. The summed E-state index contributed by atoms with van der Waals surface area (Å²) in [6.45, 7) is 0.938. The van der Waals surface area contributed by atoms with Gasteiger partial charge in [0.25, 0.3) is 23.4 Å². The molecule has 2 heterocycles. The first-order valence-electron chi connectivity index (χ1n) is 9.42. The van der Waals surface area contributed by atoms with E-state index in [4.69, 9.17) is 9.26 Å². The van der Waals surface area contributed by atoms with E-state index in [1.807, 2.05) is 0 Å². The molecule has 0 spiro atoms. The Morgan fingerprint density at radius 3 is 2.58 bits per heavy atom. The van der Waals surface area contributed by atoms with Crippen molar-refractivity contribution in [2.45, 2.75) is 6.92 Å². The molecule has 3 aromatic rings. The first-order valence-corrected chi connectivity index (χ1v) is 9.42. The van der Waals surface area contributed by atoms with E-state index in [2.05, 4.69) is 10.5 Å². The van der Waals surface area contributed by atoms with Gasteiger partial charge in [0.15, 0.2) is 12.4 Å². The Balaban J connectivity index is 1.42. The van der Waals surface area contributed by atoms with Gasteiger partial charge in [-0.2, -0.15) is 0 Å². The van der Waals surface area contributed by atoms with Crippen molar-refractivity contribution in [2.24, 2.45) is 0 Å². The number of hydrogen-bond donors (Lipinski definition) is 1. The van der Waals surface area contributed by atoms with Crippen LogP contribution in [0.5, 0.6) is 0 Å². The highest BCUT2D eigenvalue weighted by Gasteiger charge is 2.38. The van der Waals surface area contributed by atoms with E-state index in [-0.39, 0.29) is 33.9 Å². The number of nitro benzene ring substituents is 1. The highest BCUT2D eigenvalue weighted by Crippen LogP contribution is 2.29. The molecule has 3 amide bonds. The second-order valence-electron chi connectivity index (χ2n) is 6.93. The fourth-order valence-corrected chi connectivity index (χ4v) is 3.14. The Bertz CT molecular complexity index is 1330. The molecule has 0 aliphatic carbocycles. The van der Waals surface area contributed by atoms with Gasteiger partial charge in [-0.1, -0.05) is 11.2 Å². The molecule has 0 unspecified atom stereocenters. The Kier molecular flexibility index (Phi) is 5.40. The molecule has 4 rings (SSSR count). The summed E-state index contributed by atoms with van der Waals surface area (Å²) in [5.41, 5.74) is -0.0277. The number of benzene rings is 2. The number of esters is 1. The normalized spacial score (nSPS) is 12.5. The number of nitrogens with one attached hydrogen (secondary N) is 1. The maximum Gasteiger partial charge on any atom is 0.338 e. The lowest BCUT2D eigenvalue weighted by atomic mass is 10.1. The second-order valence-corrected chi connectivity index (χ2v) is 6.93. The van der Waals surface area contributed by atoms with Crippen molar-refractivity contribution in [3.8, 4) is 0 Å². The molecule has 12 nitrogen and oxygen atoms in total. The summed E-state index contributed by atoms with van der Waals surface area (Å²) >= 11 is 0. The van der Waals surface area contributed by atoms with Gasteiger partial charge in [0.2, 0.25) is 0 Å². The quantitative estimate of drug-likeness (QED) is 0.257. The van der Waals surface area contributed by atoms with Crippen LogP contribution >= 0.6 is 0 Å². The van der Waals surface area contributed by atoms with Crippen LogP contribution in [0.25, 0.3) is 0 Å². The predicted molar refractivity (Wildman–Crippen MR) is 111 cm³/mol. The number of rotatable bonds is 6. The van der Waals surface area contributed by atoms with Gasteiger partial charge in [0, 0.05) is 23.9 Å². The first-order chi connectivity index (χ1) is 15.7. The monoisotopic (exact) mass is 450 g/mol. The highest BCUT2D eigenvalue weighted by atomic mass is 16.6. The number of carbonyl (C=O) groups excluding carboxylic acids is 4. The molecule has 1 aliphatic rings. The summed E-state index contributed by atoms with van der Waals surface area (Å²) in [6, 6.07) is 10.5. The summed E-state index contributed by atoms with van der Waals surface area (Å²) < 4.78 is 9.86. The molecule has 0 bridgehead atoms. The fourth-order valence-electron chi connectivity index (χ4n) is 3.14. The number of aromatic nitrogens is 1. The Morgan fingerprint density at radius 2 is 1.88 bits per heavy atom. The topological polar surface area (TPSA) is 162 Å². The predicted octanol–water partition coefficient (Wildman–Crippen LogP) is 2.49. The third-order valence-electron chi connectivity index (χ3n) is 4.64. The molecule has 1 N–H and O–H groups in total. The van der Waals surface area contributed by atoms with Crippen molar-refractivity contribution in [1.29, 1.82) is 0 Å². The second kappa shape index (κ2) is 8.34. The van der Waals surface area contributed by atoms with Gasteiger partial charge in [-0.3, -0.25) is 24.5 Å². The van der Waals surface area contributed by atoms with Crippen LogP contribution in [0, 0.1) is 17.0 Å². The molecule has 0 radical (unpaired) electrons. The average molecular weight is 450 g/mol. The van der Waals surface area contributed by atoms with Crippen LogP contribution in [0.1, 0.15) is 36.8 Å². The lowest BCUT2D eigenvalue weighted by Crippen LogP contribution is -2.29. The van der Waals surface area contributed by atoms with Gasteiger partial charge in [-0.05, 0) is 31.2 Å². The van der Waals surface area contributed by atoms with Crippen LogP contribution in [0.4, 0.5) is 17.2 Å². The number of carbonyl (C=O) groups is 4. The number of non-ortho nitro benzene ring substituents is 1. The third-order valence-corrected chi connectivity index (χ3v) is 4.64. The highest BCUT2D eigenvalue weighted by molar-refractivity contribution is 6.34. The summed E-state index contributed by atoms with van der Waals surface area (Å²) in [6.07, 6.45) is 0. The first kappa shape index (κ1) is 21.4. The van der Waals surface area contributed by atoms with Crippen molar-refractivity contribution < 1.29 is 33.4 Å². The zero-order valence-electron chi connectivity index (χ0n) is 16.9. The number of anilines is 2. The largest absolute Gasteiger partial charge is 0.452 e. The number of amides is 3. The Labute approximate surface area is 184 Å². The van der Waals surface area contributed by atoms with Gasteiger partial charge in [-0.25, -0.2) is 9.69 Å². The van der Waals surface area contributed by atoms with Crippen molar-refractivity contribution in [3.05, 3.63) is 81.1 Å². The zero-order chi connectivity index (χ0) is 23.7. The van der Waals surface area contributed by atoms with Gasteiger partial charge in [-0.15, -0.1) is 0 Å².